The van der Waals surface area contributed by atoms with Crippen LogP contribution < -0.4 is 0 Å². The van der Waals surface area contributed by atoms with Crippen molar-refractivity contribution >= 4 is 15.9 Å². The van der Waals surface area contributed by atoms with Crippen LogP contribution in [0.5, 0.6) is 0 Å². The minimum Gasteiger partial charge on any atom is -0.368 e. The lowest BCUT2D eigenvalue weighted by Crippen LogP contribution is -2.52. The number of amides is 1. The fraction of sp³-hybridized carbons (Fsp3) is 0.632. The van der Waals surface area contributed by atoms with E-state index in [-0.39, 0.29) is 12.0 Å². The molecule has 0 radical (unpaired) electrons. The van der Waals surface area contributed by atoms with Gasteiger partial charge >= 0.3 is 0 Å². The van der Waals surface area contributed by atoms with Crippen LogP contribution in [0.2, 0.25) is 0 Å². The number of rotatable bonds is 5. The van der Waals surface area contributed by atoms with Crippen LogP contribution in [0.15, 0.2) is 29.2 Å². The number of nitrogens with zero attached hydrogens (tertiary/aromatic N) is 2. The fourth-order valence-corrected chi connectivity index (χ4v) is 4.90. The predicted molar refractivity (Wildman–Crippen MR) is 99.5 cm³/mol. The molecule has 2 aliphatic rings. The predicted octanol–water partition coefficient (Wildman–Crippen LogP) is 2.21. The number of hydrogen-bond donors (Lipinski definition) is 0. The summed E-state index contributed by atoms with van der Waals surface area (Å²) in [5.41, 5.74) is 1.15. The monoisotopic (exact) mass is 380 g/mol. The minimum atomic E-state index is -3.52. The average molecular weight is 381 g/mol. The Morgan fingerprint density at radius 2 is 1.85 bits per heavy atom. The summed E-state index contributed by atoms with van der Waals surface area (Å²) in [5.74, 6) is 0.413. The molecule has 1 amide bonds. The van der Waals surface area contributed by atoms with Crippen molar-refractivity contribution in [3.63, 3.8) is 0 Å². The number of piperazine rings is 1. The second-order valence-electron chi connectivity index (χ2n) is 7.11. The van der Waals surface area contributed by atoms with Crippen LogP contribution in [0.25, 0.3) is 0 Å². The summed E-state index contributed by atoms with van der Waals surface area (Å²) in [5, 5.41) is 0. The molecule has 0 spiro atoms. The number of benzene rings is 1. The standard InChI is InChI=1S/C19H28N2O4S/c1-3-15(2)16-6-8-17(9-7-16)26(23,24)21-12-10-20(11-13-21)19(22)18-5-4-14-25-18/h6-9,15,18H,3-5,10-14H2,1-2H3/t15-,18-/m0/s1. The Bertz CT molecular complexity index is 718. The minimum absolute atomic E-state index is 0.00236. The molecule has 3 rings (SSSR count). The number of sulfonamides is 1. The highest BCUT2D eigenvalue weighted by Crippen LogP contribution is 2.23. The zero-order valence-corrected chi connectivity index (χ0v) is 16.4. The maximum Gasteiger partial charge on any atom is 0.251 e. The molecule has 144 valence electrons. The summed E-state index contributed by atoms with van der Waals surface area (Å²) in [7, 11) is -3.52. The molecule has 2 saturated heterocycles. The van der Waals surface area contributed by atoms with Crippen molar-refractivity contribution in [1.82, 2.24) is 9.21 Å². The molecular weight excluding hydrogens is 352 g/mol. The first kappa shape index (κ1) is 19.3. The highest BCUT2D eigenvalue weighted by atomic mass is 32.2. The molecule has 2 aliphatic heterocycles. The molecule has 0 unspecified atom stereocenters. The summed E-state index contributed by atoms with van der Waals surface area (Å²) >= 11 is 0. The van der Waals surface area contributed by atoms with E-state index in [9.17, 15) is 13.2 Å². The quantitative estimate of drug-likeness (QED) is 0.786. The molecule has 1 aromatic rings. The number of carbonyl (C=O) groups excluding carboxylic acids is 1. The maximum atomic E-state index is 12.9. The Hall–Kier alpha value is -1.44. The first-order chi connectivity index (χ1) is 12.4. The van der Waals surface area contributed by atoms with Crippen LogP contribution in [0, 0.1) is 0 Å². The van der Waals surface area contributed by atoms with Crippen molar-refractivity contribution in [3.8, 4) is 0 Å². The van der Waals surface area contributed by atoms with Crippen molar-refractivity contribution < 1.29 is 17.9 Å². The Kier molecular flexibility index (Phi) is 5.99. The lowest BCUT2D eigenvalue weighted by atomic mass is 9.99. The zero-order chi connectivity index (χ0) is 18.7. The van der Waals surface area contributed by atoms with Gasteiger partial charge in [-0.1, -0.05) is 26.0 Å². The van der Waals surface area contributed by atoms with Crippen LogP contribution in [0.1, 0.15) is 44.6 Å². The second-order valence-corrected chi connectivity index (χ2v) is 9.05. The summed E-state index contributed by atoms with van der Waals surface area (Å²) in [6, 6.07) is 7.19. The molecule has 0 aliphatic carbocycles. The summed E-state index contributed by atoms with van der Waals surface area (Å²) in [6.07, 6.45) is 2.36. The van der Waals surface area contributed by atoms with E-state index in [1.807, 2.05) is 12.1 Å². The molecular formula is C19H28N2O4S. The van der Waals surface area contributed by atoms with Crippen molar-refractivity contribution in [2.45, 2.75) is 50.0 Å². The molecule has 0 bridgehead atoms. The van der Waals surface area contributed by atoms with Gasteiger partial charge in [-0.3, -0.25) is 4.79 Å². The summed E-state index contributed by atoms with van der Waals surface area (Å²) in [4.78, 5) is 14.4. The van der Waals surface area contributed by atoms with Gasteiger partial charge in [-0.2, -0.15) is 4.31 Å². The molecule has 26 heavy (non-hydrogen) atoms. The largest absolute Gasteiger partial charge is 0.368 e. The third-order valence-corrected chi connectivity index (χ3v) is 7.37. The molecule has 1 aromatic carbocycles. The Morgan fingerprint density at radius 3 is 2.38 bits per heavy atom. The van der Waals surface area contributed by atoms with Gasteiger partial charge < -0.3 is 9.64 Å². The smallest absolute Gasteiger partial charge is 0.251 e. The van der Waals surface area contributed by atoms with Gasteiger partial charge in [0.15, 0.2) is 0 Å². The highest BCUT2D eigenvalue weighted by Gasteiger charge is 2.33. The Morgan fingerprint density at radius 1 is 1.19 bits per heavy atom. The van der Waals surface area contributed by atoms with Crippen LogP contribution in [-0.4, -0.2) is 62.4 Å². The Labute approximate surface area is 156 Å². The highest BCUT2D eigenvalue weighted by molar-refractivity contribution is 7.89. The van der Waals surface area contributed by atoms with Gasteiger partial charge in [-0.05, 0) is 42.9 Å². The molecule has 2 fully saturated rings. The van der Waals surface area contributed by atoms with Gasteiger partial charge in [0.25, 0.3) is 5.91 Å². The molecule has 2 heterocycles. The van der Waals surface area contributed by atoms with Gasteiger partial charge in [0.05, 0.1) is 4.90 Å². The molecule has 0 N–H and O–H groups in total. The van der Waals surface area contributed by atoms with Crippen LogP contribution in [0.4, 0.5) is 0 Å². The van der Waals surface area contributed by atoms with E-state index in [4.69, 9.17) is 4.74 Å². The van der Waals surface area contributed by atoms with Crippen molar-refractivity contribution in [2.75, 3.05) is 32.8 Å². The molecule has 2 atom stereocenters. The van der Waals surface area contributed by atoms with Crippen LogP contribution >= 0.6 is 0 Å². The van der Waals surface area contributed by atoms with E-state index in [0.29, 0.717) is 43.6 Å². The van der Waals surface area contributed by atoms with E-state index >= 15 is 0 Å². The van der Waals surface area contributed by atoms with Gasteiger partial charge in [-0.15, -0.1) is 0 Å². The van der Waals surface area contributed by atoms with Gasteiger partial charge in [0, 0.05) is 32.8 Å². The molecule has 0 aromatic heterocycles. The average Bonchev–Trinajstić information content (AvgIpc) is 3.21. The third kappa shape index (κ3) is 3.94. The van der Waals surface area contributed by atoms with Crippen molar-refractivity contribution in [2.24, 2.45) is 0 Å². The first-order valence-corrected chi connectivity index (χ1v) is 10.9. The molecule has 6 nitrogen and oxygen atoms in total. The van der Waals surface area contributed by atoms with Crippen molar-refractivity contribution in [1.29, 1.82) is 0 Å². The number of carbonyl (C=O) groups is 1. The summed E-state index contributed by atoms with van der Waals surface area (Å²) < 4.78 is 32.7. The van der Waals surface area contributed by atoms with E-state index in [1.54, 1.807) is 17.0 Å². The van der Waals surface area contributed by atoms with E-state index < -0.39 is 10.0 Å². The lowest BCUT2D eigenvalue weighted by Gasteiger charge is -2.35. The van der Waals surface area contributed by atoms with Gasteiger partial charge in [-0.25, -0.2) is 8.42 Å². The first-order valence-electron chi connectivity index (χ1n) is 9.44. The zero-order valence-electron chi connectivity index (χ0n) is 15.6. The van der Waals surface area contributed by atoms with E-state index in [1.165, 1.54) is 4.31 Å². The van der Waals surface area contributed by atoms with Crippen molar-refractivity contribution in [3.05, 3.63) is 29.8 Å². The Balaban J connectivity index is 1.63. The van der Waals surface area contributed by atoms with Gasteiger partial charge in [0.1, 0.15) is 6.10 Å². The number of hydrogen-bond acceptors (Lipinski definition) is 4. The van der Waals surface area contributed by atoms with Crippen LogP contribution in [-0.2, 0) is 19.6 Å². The SMILES string of the molecule is CC[C@H](C)c1ccc(S(=O)(=O)N2CCN(C(=O)[C@@H]3CCCO3)CC2)cc1. The maximum absolute atomic E-state index is 12.9. The van der Waals surface area contributed by atoms with E-state index in [0.717, 1.165) is 24.8 Å². The van der Waals surface area contributed by atoms with Crippen LogP contribution in [0.3, 0.4) is 0 Å². The lowest BCUT2D eigenvalue weighted by molar-refractivity contribution is -0.142. The molecule has 7 heteroatoms. The van der Waals surface area contributed by atoms with E-state index in [2.05, 4.69) is 13.8 Å². The molecule has 0 saturated carbocycles. The fourth-order valence-electron chi connectivity index (χ4n) is 3.48. The number of ether oxygens (including phenoxy) is 1. The third-order valence-electron chi connectivity index (χ3n) is 5.45. The normalized spacial score (nSPS) is 23.2. The summed E-state index contributed by atoms with van der Waals surface area (Å²) in [6.45, 7) is 6.38. The second kappa shape index (κ2) is 8.06. The topological polar surface area (TPSA) is 66.9 Å². The van der Waals surface area contributed by atoms with Gasteiger partial charge in [0.2, 0.25) is 10.0 Å².